The van der Waals surface area contributed by atoms with Crippen molar-refractivity contribution in [3.8, 4) is 22.8 Å². The van der Waals surface area contributed by atoms with Gasteiger partial charge in [0.2, 0.25) is 0 Å². The Bertz CT molecular complexity index is 1480. The molecule has 0 radical (unpaired) electrons. The Morgan fingerprint density at radius 1 is 0.919 bits per heavy atom. The summed E-state index contributed by atoms with van der Waals surface area (Å²) in [5.41, 5.74) is 9.68. The number of rotatable bonds is 6. The molecule has 2 aromatic heterocycles. The van der Waals surface area contributed by atoms with Gasteiger partial charge in [-0.15, -0.1) is 0 Å². The van der Waals surface area contributed by atoms with E-state index in [-0.39, 0.29) is 0 Å². The number of nitrogens with two attached hydrogens (primary N) is 1. The minimum atomic E-state index is 0.415. The standard InChI is InChI=1S/C28H28N8O/c29-27-25-26(19-6-8-24(9-7-19)37-23-4-2-1-3-5-23)33-36(28(25)32-18-31-27)20-10-12-34(13-11-20)22-16-35(17-22)21-14-30-15-21/h1-12,18,21-22,30H,13-17H2,(H2,29,31,32). The summed E-state index contributed by atoms with van der Waals surface area (Å²) in [6.45, 7) is 5.34. The topological polar surface area (TPSA) is 97.4 Å². The van der Waals surface area contributed by atoms with Gasteiger partial charge in [-0.3, -0.25) is 4.90 Å². The van der Waals surface area contributed by atoms with Gasteiger partial charge in [-0.25, -0.2) is 14.6 Å². The van der Waals surface area contributed by atoms with Crippen LogP contribution in [0.25, 0.3) is 28.0 Å². The van der Waals surface area contributed by atoms with Gasteiger partial charge in [-0.2, -0.15) is 5.10 Å². The SMILES string of the molecule is Nc1ncnc2c1c(-c1ccc(Oc3ccccc3)cc1)nn2C1=CCN(C2CN(C3CNC3)C2)C=C1. The number of fused-ring (bicyclic) bond motifs is 1. The van der Waals surface area contributed by atoms with E-state index in [2.05, 4.69) is 43.4 Å². The summed E-state index contributed by atoms with van der Waals surface area (Å²) < 4.78 is 7.82. The number of nitrogens with zero attached hydrogens (tertiary/aromatic N) is 6. The number of allylic oxidation sites excluding steroid dienone is 2. The zero-order valence-electron chi connectivity index (χ0n) is 20.4. The van der Waals surface area contributed by atoms with Crippen LogP contribution < -0.4 is 15.8 Å². The lowest BCUT2D eigenvalue weighted by Gasteiger charge is -2.51. The van der Waals surface area contributed by atoms with E-state index in [1.54, 1.807) is 0 Å². The fraction of sp³-hybridized carbons (Fsp3) is 0.250. The largest absolute Gasteiger partial charge is 0.457 e. The summed E-state index contributed by atoms with van der Waals surface area (Å²) in [6.07, 6.45) is 8.00. The van der Waals surface area contributed by atoms with Crippen molar-refractivity contribution in [1.82, 2.24) is 34.9 Å². The first-order chi connectivity index (χ1) is 18.2. The zero-order valence-corrected chi connectivity index (χ0v) is 20.4. The molecule has 0 aliphatic carbocycles. The van der Waals surface area contributed by atoms with Crippen molar-refractivity contribution in [2.45, 2.75) is 12.1 Å². The Morgan fingerprint density at radius 2 is 1.70 bits per heavy atom. The van der Waals surface area contributed by atoms with Gasteiger partial charge in [0.15, 0.2) is 5.65 Å². The lowest BCUT2D eigenvalue weighted by Crippen LogP contribution is -2.68. The Kier molecular flexibility index (Phi) is 5.37. The molecule has 3 aliphatic heterocycles. The second kappa shape index (κ2) is 9.02. The van der Waals surface area contributed by atoms with Crippen molar-refractivity contribution >= 4 is 22.5 Å². The molecule has 37 heavy (non-hydrogen) atoms. The maximum Gasteiger partial charge on any atom is 0.169 e. The molecule has 0 saturated carbocycles. The summed E-state index contributed by atoms with van der Waals surface area (Å²) in [5, 5.41) is 9.06. The number of nitrogens with one attached hydrogen (secondary N) is 1. The van der Waals surface area contributed by atoms with Crippen molar-refractivity contribution in [2.75, 3.05) is 38.5 Å². The van der Waals surface area contributed by atoms with E-state index in [0.29, 0.717) is 23.5 Å². The molecule has 9 heteroatoms. The number of para-hydroxylation sites is 1. The Hall–Kier alpha value is -4.21. The zero-order chi connectivity index (χ0) is 24.8. The van der Waals surface area contributed by atoms with Crippen molar-refractivity contribution in [1.29, 1.82) is 0 Å². The number of aromatic nitrogens is 4. The van der Waals surface area contributed by atoms with Crippen molar-refractivity contribution in [2.24, 2.45) is 0 Å². The summed E-state index contributed by atoms with van der Waals surface area (Å²) in [7, 11) is 0. The van der Waals surface area contributed by atoms with Crippen LogP contribution in [0, 0.1) is 0 Å². The summed E-state index contributed by atoms with van der Waals surface area (Å²) in [6, 6.07) is 18.9. The molecule has 5 heterocycles. The predicted octanol–water partition coefficient (Wildman–Crippen LogP) is 3.19. The fourth-order valence-corrected chi connectivity index (χ4v) is 5.12. The van der Waals surface area contributed by atoms with E-state index in [0.717, 1.165) is 66.6 Å². The molecule has 0 bridgehead atoms. The van der Waals surface area contributed by atoms with Gasteiger partial charge >= 0.3 is 0 Å². The molecule has 7 rings (SSSR count). The second-order valence-corrected chi connectivity index (χ2v) is 9.72. The molecule has 9 nitrogen and oxygen atoms in total. The normalized spacial score (nSPS) is 18.5. The minimum Gasteiger partial charge on any atom is -0.457 e. The Balaban J connectivity index is 1.13. The van der Waals surface area contributed by atoms with Crippen LogP contribution in [0.3, 0.4) is 0 Å². The van der Waals surface area contributed by atoms with Crippen molar-refractivity contribution < 1.29 is 4.74 Å². The minimum absolute atomic E-state index is 0.415. The highest BCUT2D eigenvalue weighted by Gasteiger charge is 2.37. The maximum absolute atomic E-state index is 6.33. The van der Waals surface area contributed by atoms with Gasteiger partial charge < -0.3 is 20.7 Å². The van der Waals surface area contributed by atoms with Crippen LogP contribution >= 0.6 is 0 Å². The monoisotopic (exact) mass is 492 g/mol. The molecule has 2 saturated heterocycles. The highest BCUT2D eigenvalue weighted by atomic mass is 16.5. The molecule has 2 fully saturated rings. The van der Waals surface area contributed by atoms with Crippen molar-refractivity contribution in [3.05, 3.63) is 79.3 Å². The molecular weight excluding hydrogens is 464 g/mol. The van der Waals surface area contributed by atoms with Crippen LogP contribution in [-0.4, -0.2) is 74.4 Å². The smallest absolute Gasteiger partial charge is 0.169 e. The third kappa shape index (κ3) is 4.02. The molecule has 3 aliphatic rings. The Labute approximate surface area is 214 Å². The fourth-order valence-electron chi connectivity index (χ4n) is 5.12. The van der Waals surface area contributed by atoms with Gasteiger partial charge in [0.05, 0.1) is 17.1 Å². The summed E-state index contributed by atoms with van der Waals surface area (Å²) in [4.78, 5) is 13.8. The van der Waals surface area contributed by atoms with Gasteiger partial charge in [0.25, 0.3) is 0 Å². The molecule has 0 amide bonds. The maximum atomic E-state index is 6.33. The first kappa shape index (κ1) is 22.0. The summed E-state index contributed by atoms with van der Waals surface area (Å²) in [5.74, 6) is 1.96. The molecule has 0 unspecified atom stereocenters. The number of anilines is 1. The van der Waals surface area contributed by atoms with Crippen LogP contribution in [0.5, 0.6) is 11.5 Å². The predicted molar refractivity (Wildman–Crippen MR) is 144 cm³/mol. The van der Waals surface area contributed by atoms with Gasteiger partial charge in [0.1, 0.15) is 29.3 Å². The summed E-state index contributed by atoms with van der Waals surface area (Å²) >= 11 is 0. The number of hydrogen-bond donors (Lipinski definition) is 2. The van der Waals surface area contributed by atoms with Gasteiger partial charge in [-0.05, 0) is 48.6 Å². The number of nitrogen functional groups attached to an aromatic ring is 1. The first-order valence-corrected chi connectivity index (χ1v) is 12.6. The molecular formula is C28H28N8O. The van der Waals surface area contributed by atoms with Crippen LogP contribution in [0.4, 0.5) is 5.82 Å². The van der Waals surface area contributed by atoms with E-state index in [9.17, 15) is 0 Å². The van der Waals surface area contributed by atoms with E-state index >= 15 is 0 Å². The lowest BCUT2D eigenvalue weighted by atomic mass is 10.00. The van der Waals surface area contributed by atoms with E-state index in [4.69, 9.17) is 15.6 Å². The molecule has 0 spiro atoms. The number of ether oxygens (including phenoxy) is 1. The van der Waals surface area contributed by atoms with E-state index < -0.39 is 0 Å². The lowest BCUT2D eigenvalue weighted by molar-refractivity contribution is 0.0110. The van der Waals surface area contributed by atoms with Crippen LogP contribution in [0.15, 0.2) is 79.3 Å². The van der Waals surface area contributed by atoms with Crippen LogP contribution in [0.2, 0.25) is 0 Å². The van der Waals surface area contributed by atoms with Gasteiger partial charge in [0, 0.05) is 50.5 Å². The van der Waals surface area contributed by atoms with Crippen LogP contribution in [0.1, 0.15) is 0 Å². The second-order valence-electron chi connectivity index (χ2n) is 9.72. The molecule has 4 aromatic rings. The van der Waals surface area contributed by atoms with Crippen LogP contribution in [-0.2, 0) is 0 Å². The van der Waals surface area contributed by atoms with E-state index in [1.165, 1.54) is 6.33 Å². The Morgan fingerprint density at radius 3 is 2.41 bits per heavy atom. The molecule has 2 aromatic carbocycles. The number of benzene rings is 2. The molecule has 0 atom stereocenters. The third-order valence-electron chi connectivity index (χ3n) is 7.43. The molecule has 186 valence electrons. The average molecular weight is 493 g/mol. The number of likely N-dealkylation sites (tertiary alicyclic amines) is 1. The van der Waals surface area contributed by atoms with Gasteiger partial charge in [-0.1, -0.05) is 18.2 Å². The third-order valence-corrected chi connectivity index (χ3v) is 7.43. The van der Waals surface area contributed by atoms with E-state index in [1.807, 2.05) is 59.3 Å². The highest BCUT2D eigenvalue weighted by molar-refractivity contribution is 5.99. The highest BCUT2D eigenvalue weighted by Crippen LogP contribution is 2.34. The van der Waals surface area contributed by atoms with Crippen molar-refractivity contribution in [3.63, 3.8) is 0 Å². The quantitative estimate of drug-likeness (QED) is 0.424. The molecule has 3 N–H and O–H groups in total. The average Bonchev–Trinajstić information content (AvgIpc) is 3.27. The number of hydrogen-bond acceptors (Lipinski definition) is 8. The first-order valence-electron chi connectivity index (χ1n) is 12.6.